The normalized spacial score (nSPS) is 37.9. The maximum atomic E-state index is 13.5. The second-order valence-corrected chi connectivity index (χ2v) is 42.3. The molecular formula is C75H108Na8O50S9. The monoisotopic (exact) mass is 2280 g/mol. The van der Waals surface area contributed by atoms with Crippen LogP contribution >= 0.6 is 104 Å². The number of esters is 1. The molecule has 0 radical (unpaired) electrons. The maximum Gasteiger partial charge on any atom is 1.00 e. The number of hydrogen-bond donors (Lipinski definition) is 16. The number of hydrogen-bond acceptors (Lipinski definition) is 59. The van der Waals surface area contributed by atoms with Crippen LogP contribution in [0.3, 0.4) is 0 Å². The molecule has 0 saturated carbocycles. The molecule has 0 unspecified atom stereocenters. The predicted octanol–water partition coefficient (Wildman–Crippen LogP) is -41.7. The van der Waals surface area contributed by atoms with E-state index < -0.39 is 398 Å². The summed E-state index contributed by atoms with van der Waals surface area (Å²) in [5.41, 5.74) is 0. The molecule has 30 saturated heterocycles. The van der Waals surface area contributed by atoms with Gasteiger partial charge in [0.15, 0.2) is 50.3 Å². The Kier molecular flexibility index (Phi) is 75.5. The molecule has 0 aromatic heterocycles. The minimum Gasteiger partial charge on any atom is -0.550 e. The topological polar surface area (TPSA) is 819 Å². The van der Waals surface area contributed by atoms with E-state index in [-0.39, 0.29) is 295 Å². The first-order valence-electron chi connectivity index (χ1n) is 42.0. The van der Waals surface area contributed by atoms with Crippen LogP contribution in [0.2, 0.25) is 0 Å². The molecule has 0 spiro atoms. The Morgan fingerprint density at radius 1 is 0.190 bits per heavy atom. The third-order valence-corrected chi connectivity index (χ3v) is 31.7. The van der Waals surface area contributed by atoms with E-state index in [4.69, 9.17) is 80.5 Å². The number of carbonyl (C=O) groups is 9. The number of ether oxygens (including phenoxy) is 17. The first kappa shape index (κ1) is 145. The molecule has 30 heterocycles. The van der Waals surface area contributed by atoms with Crippen molar-refractivity contribution < 1.29 is 483 Å². The van der Waals surface area contributed by atoms with Gasteiger partial charge in [-0.1, -0.05) is 21.6 Å². The van der Waals surface area contributed by atoms with Crippen LogP contribution in [0, 0.1) is 0 Å². The Morgan fingerprint density at radius 3 is 0.479 bits per heavy atom. The summed E-state index contributed by atoms with van der Waals surface area (Å²) in [5.74, 6) is -18.0. The van der Waals surface area contributed by atoms with E-state index in [0.717, 1.165) is 104 Å². The molecule has 0 aliphatic carbocycles. The van der Waals surface area contributed by atoms with Crippen molar-refractivity contribution in [2.45, 2.75) is 303 Å². The number of carboxylic acid groups (broad SMARTS) is 8. The Labute approximate surface area is 1030 Å². The molecule has 0 amide bonds. The van der Waals surface area contributed by atoms with E-state index in [0.29, 0.717) is 0 Å². The summed E-state index contributed by atoms with van der Waals surface area (Å²) in [6, 6.07) is 0. The summed E-state index contributed by atoms with van der Waals surface area (Å²) >= 11 is 5.63. The van der Waals surface area contributed by atoms with Crippen molar-refractivity contribution >= 4 is 158 Å². The van der Waals surface area contributed by atoms with Gasteiger partial charge in [0.2, 0.25) is 0 Å². The second-order valence-electron chi connectivity index (χ2n) is 31.6. The summed E-state index contributed by atoms with van der Waals surface area (Å²) < 4.78 is 105. The van der Waals surface area contributed by atoms with E-state index in [2.05, 4.69) is 0 Å². The van der Waals surface area contributed by atoms with E-state index in [1.54, 1.807) is 0 Å². The molecule has 40 atom stereocenters. The van der Waals surface area contributed by atoms with Gasteiger partial charge in [-0.15, -0.1) is 0 Å². The molecule has 16 N–H and O–H groups in total. The summed E-state index contributed by atoms with van der Waals surface area (Å²) in [4.78, 5) is 107. The van der Waals surface area contributed by atoms with Crippen molar-refractivity contribution in [2.75, 3.05) is 98.7 Å². The molecule has 30 rings (SSSR count). The van der Waals surface area contributed by atoms with Crippen LogP contribution in [0.5, 0.6) is 0 Å². The van der Waals surface area contributed by atoms with Crippen LogP contribution in [0.15, 0.2) is 0 Å². The van der Waals surface area contributed by atoms with Crippen molar-refractivity contribution in [1.29, 1.82) is 0 Å². The van der Waals surface area contributed by atoms with Crippen LogP contribution in [-0.2, 0) is 124 Å². The van der Waals surface area contributed by atoms with Crippen LogP contribution in [0.4, 0.5) is 0 Å². The van der Waals surface area contributed by atoms with Gasteiger partial charge in [-0.3, -0.25) is 4.79 Å². The fourth-order valence-corrected chi connectivity index (χ4v) is 23.7. The number of thioether (sulfide) groups is 7. The average molecular weight is 2280 g/mol. The van der Waals surface area contributed by atoms with Crippen molar-refractivity contribution in [3.8, 4) is 0 Å². The smallest absolute Gasteiger partial charge is 0.550 e. The largest absolute Gasteiger partial charge is 1.00 e. The number of carbonyl (C=O) groups excluding carboxylic acids is 9. The molecule has 30 fully saturated rings. The summed E-state index contributed by atoms with van der Waals surface area (Å²) in [6.07, 6.45) is -90.6. The summed E-state index contributed by atoms with van der Waals surface area (Å²) in [5, 5.41) is 289. The van der Waals surface area contributed by atoms with Crippen LogP contribution in [0.25, 0.3) is 0 Å². The minimum absolute atomic E-state index is 0. The van der Waals surface area contributed by atoms with Gasteiger partial charge in [0.25, 0.3) is 0 Å². The van der Waals surface area contributed by atoms with Crippen LogP contribution in [0.1, 0.15) is 57.8 Å². The van der Waals surface area contributed by atoms with E-state index >= 15 is 0 Å². The Morgan fingerprint density at radius 2 is 0.324 bits per heavy atom. The van der Waals surface area contributed by atoms with Gasteiger partial charge >= 0.3 is 242 Å². The summed E-state index contributed by atoms with van der Waals surface area (Å²) in [6.45, 7) is -1.01. The Bertz CT molecular complexity index is 3570. The fourth-order valence-electron chi connectivity index (χ4n) is 14.9. The van der Waals surface area contributed by atoms with Crippen LogP contribution in [-0.4, -0.2) is 480 Å². The van der Waals surface area contributed by atoms with E-state index in [1.807, 2.05) is 0 Å². The van der Waals surface area contributed by atoms with Gasteiger partial charge in [0.05, 0.1) is 49.1 Å². The Hall–Kier alpha value is 5.10. The molecular weight excluding hydrogens is 2170 g/mol. The number of aliphatic hydroxyl groups is 16. The van der Waals surface area contributed by atoms with E-state index in [1.165, 1.54) is 0 Å². The number of carboxylic acids is 8. The van der Waals surface area contributed by atoms with E-state index in [9.17, 15) is 166 Å². The molecule has 30 aliphatic rings. The zero-order valence-electron chi connectivity index (χ0n) is 78.7. The third-order valence-electron chi connectivity index (χ3n) is 21.9. The van der Waals surface area contributed by atoms with Crippen molar-refractivity contribution in [2.24, 2.45) is 0 Å². The molecule has 30 aliphatic heterocycles. The minimum atomic E-state index is -2.45. The van der Waals surface area contributed by atoms with Gasteiger partial charge in [-0.2, -0.15) is 82.3 Å². The molecule has 67 heteroatoms. The maximum absolute atomic E-state index is 13.5. The predicted molar refractivity (Wildman–Crippen MR) is 443 cm³/mol. The van der Waals surface area contributed by atoms with Gasteiger partial charge in [-0.25, -0.2) is 0 Å². The quantitative estimate of drug-likeness (QED) is 0.0117. The molecule has 142 heavy (non-hydrogen) atoms. The molecule has 50 nitrogen and oxygen atoms in total. The van der Waals surface area contributed by atoms with Gasteiger partial charge in [0, 0.05) is 99.5 Å². The molecule has 0 aromatic carbocycles. The molecule has 0 aromatic rings. The second kappa shape index (κ2) is 73.8. The van der Waals surface area contributed by atoms with Crippen molar-refractivity contribution in [3.63, 3.8) is 0 Å². The fraction of sp³-hybridized carbons (Fsp3) is 0.880. The van der Waals surface area contributed by atoms with Crippen molar-refractivity contribution in [1.82, 2.24) is 0 Å². The first-order chi connectivity index (χ1) is 63.6. The SMILES string of the molecule is O=C([O-])CCSC[C@H]1O[C@@H]2O[C@H]3[C@H](O)[C@@H](O)[C@@H](O[C@H]4[C@H](O)[C@@H](O)[C@@H](O[C@H]5[C@H](O)[C@@H](O)[C@@H](O[C@H]6[C@H](O)[C@@H](O)[C@@H](O[C@H]7[C@H](O)[C@@H](O)[C@@H](O[C@H]8[C@H](O)[C@@H](O)[C@@H](O[C@H]9[C@H](O)[C@@H](O)[C@@H](O[C@H]1[C@H](O)[C@H]2O)O[C@@H]9COC(=O)CCSSCCC(=O)[O-])O[C@@H]8CSCCC(=O)[O-])O[C@@H]7CSCCC(=O)[O-])O[C@@H]6CSCCC(=O)[O-])O[C@@H]5CSCCC(=O)[O-])O[C@@H]4CSCCC(=O)[O-])O[C@@H]3CSCCC(=O)[O-].[Na+].[Na+].[Na+].[Na+].[Na+].[Na+].[Na+].[Na+]. The number of aliphatic carboxylic acids is 8. The molecule has 770 valence electrons. The Balaban J connectivity index is 0.0000126. The number of aliphatic hydroxyl groups excluding tert-OH is 16. The zero-order valence-corrected chi connectivity index (χ0v) is 102. The van der Waals surface area contributed by atoms with Crippen molar-refractivity contribution in [3.05, 3.63) is 0 Å². The zero-order chi connectivity index (χ0) is 98.1. The number of rotatable bonds is 44. The standard InChI is InChI=1S/C75H116O50S9.8Na/c76-35(77)1-10-126-20-28-61-46(95)54(103)70(112-28)121-63-30(22-128-12-3-37(80)81)114-72(56(105)48(63)97)123-65-32(24-130-14-5-39(84)85)116-74(58(107)50(65)99)125-67-34(26-132-16-7-41(88)89)117-75(59(108)51(67)100)124-66-33(25-131-15-6-40(86)87)115-73(57(106)49(66)98)122-64-31(23-129-13-4-38(82)83)113-71(55(104)47(64)96)120-62-29(21-127-11-2-36(78)79)111-69(53(102)45(62)94)118-60-27(110-68(119-61)52(101)44(60)93)19-109-43(92)9-18-134-133-17-8-42(90)91;;;;;;;;/h27-34,44-75,93-108H,1-26H2,(H,76,77)(H,78,79)(H,80,81)(H,82,83)(H,84,85)(H,86,87)(H,88,89)(H,90,91);;;;;;;;/q;8*+1/p-8/t27-,28-,29-,30-,31-,32-,33-,34-,44-,45-,46-,47-,48-,49-,50-,51-,52-,53-,54-,55-,56-,57-,58-,59-,60-,61-,62-,63-,64-,65-,66-,67-,68-,69-,70-,71-,72-,73-,74-,75-;;;;;;;;/m1......../s1. The van der Waals surface area contributed by atoms with Gasteiger partial charge in [-0.05, 0) is 91.6 Å². The van der Waals surface area contributed by atoms with Crippen LogP contribution < -0.4 is 277 Å². The van der Waals surface area contributed by atoms with Gasteiger partial charge in [0.1, 0.15) is 159 Å². The first-order valence-corrected chi connectivity index (χ1v) is 52.6. The van der Waals surface area contributed by atoms with Gasteiger partial charge < -0.3 is 241 Å². The third kappa shape index (κ3) is 44.5. The average Bonchev–Trinajstić information content (AvgIpc) is 0.767. The summed E-state index contributed by atoms with van der Waals surface area (Å²) in [7, 11) is 2.12. The molecule has 16 bridgehead atoms.